The Labute approximate surface area is 123 Å². The van der Waals surface area contributed by atoms with E-state index in [1.165, 1.54) is 0 Å². The zero-order valence-electron chi connectivity index (χ0n) is 12.2. The van der Waals surface area contributed by atoms with Crippen LogP contribution in [0, 0.1) is 0 Å². The molecule has 0 fully saturated rings. The minimum atomic E-state index is 0.150. The summed E-state index contributed by atoms with van der Waals surface area (Å²) in [4.78, 5) is 0. The highest BCUT2D eigenvalue weighted by Crippen LogP contribution is 2.31. The number of fused-ring (bicyclic) bond motifs is 1. The van der Waals surface area contributed by atoms with Crippen LogP contribution in [0.5, 0.6) is 11.5 Å². The Kier molecular flexibility index (Phi) is 3.52. The minimum Gasteiger partial charge on any atom is -0.504 e. The Hall–Kier alpha value is -2.49. The molecule has 21 heavy (non-hydrogen) atoms. The van der Waals surface area contributed by atoms with Crippen LogP contribution in [0.3, 0.4) is 0 Å². The highest BCUT2D eigenvalue weighted by atomic mass is 16.5. The molecule has 3 rings (SSSR count). The lowest BCUT2D eigenvalue weighted by Crippen LogP contribution is -2.03. The van der Waals surface area contributed by atoms with Gasteiger partial charge in [0.2, 0.25) is 0 Å². The average Bonchev–Trinajstić information content (AvgIpc) is 2.94. The second-order valence-electron chi connectivity index (χ2n) is 5.34. The normalized spacial score (nSPS) is 11.2. The molecule has 0 radical (unpaired) electrons. The molecule has 0 saturated carbocycles. The summed E-state index contributed by atoms with van der Waals surface area (Å²) in [6.07, 6.45) is 1.93. The zero-order chi connectivity index (χ0) is 14.8. The van der Waals surface area contributed by atoms with Crippen molar-refractivity contribution in [2.45, 2.75) is 26.5 Å². The van der Waals surface area contributed by atoms with E-state index < -0.39 is 0 Å². The molecule has 1 heterocycles. The summed E-state index contributed by atoms with van der Waals surface area (Å²) < 4.78 is 7.59. The molecular weight excluding hydrogens is 264 g/mol. The van der Waals surface area contributed by atoms with E-state index in [1.54, 1.807) is 6.07 Å². The van der Waals surface area contributed by atoms with E-state index >= 15 is 0 Å². The quantitative estimate of drug-likeness (QED) is 0.789. The van der Waals surface area contributed by atoms with E-state index in [-0.39, 0.29) is 5.75 Å². The molecule has 0 spiro atoms. The van der Waals surface area contributed by atoms with Crippen LogP contribution in [-0.4, -0.2) is 14.9 Å². The molecule has 2 aromatic carbocycles. The van der Waals surface area contributed by atoms with Gasteiger partial charge in [-0.3, -0.25) is 4.68 Å². The van der Waals surface area contributed by atoms with Crippen molar-refractivity contribution in [2.24, 2.45) is 0 Å². The van der Waals surface area contributed by atoms with Gasteiger partial charge in [0.15, 0.2) is 11.5 Å². The van der Waals surface area contributed by atoms with Crippen molar-refractivity contribution in [1.82, 2.24) is 9.78 Å². The molecule has 3 aromatic rings. The molecule has 4 heteroatoms. The number of phenolic OH excluding ortho intramolecular Hbond substituents is 1. The number of aromatic nitrogens is 2. The average molecular weight is 282 g/mol. The number of nitrogens with zero attached hydrogens (tertiary/aromatic N) is 2. The Morgan fingerprint density at radius 2 is 1.86 bits per heavy atom. The number of hydrogen-bond acceptors (Lipinski definition) is 3. The van der Waals surface area contributed by atoms with Crippen LogP contribution in [0.1, 0.15) is 25.6 Å². The van der Waals surface area contributed by atoms with Crippen LogP contribution in [0.25, 0.3) is 10.8 Å². The first kappa shape index (κ1) is 13.5. The maximum atomic E-state index is 10.0. The molecule has 4 nitrogen and oxygen atoms in total. The smallest absolute Gasteiger partial charge is 0.162 e. The van der Waals surface area contributed by atoms with E-state index in [4.69, 9.17) is 4.74 Å². The fourth-order valence-electron chi connectivity index (χ4n) is 2.22. The second-order valence-corrected chi connectivity index (χ2v) is 5.34. The third kappa shape index (κ3) is 2.84. The molecule has 0 aliphatic carbocycles. The molecule has 0 atom stereocenters. The lowest BCUT2D eigenvalue weighted by molar-refractivity contribution is 0.283. The first-order chi connectivity index (χ1) is 10.1. The van der Waals surface area contributed by atoms with Crippen molar-refractivity contribution in [2.75, 3.05) is 0 Å². The van der Waals surface area contributed by atoms with Gasteiger partial charge >= 0.3 is 0 Å². The molecule has 0 aliphatic heterocycles. The van der Waals surface area contributed by atoms with Gasteiger partial charge in [0.1, 0.15) is 6.61 Å². The molecule has 108 valence electrons. The highest BCUT2D eigenvalue weighted by molar-refractivity contribution is 5.85. The third-order valence-electron chi connectivity index (χ3n) is 3.40. The monoisotopic (exact) mass is 282 g/mol. The van der Waals surface area contributed by atoms with Crippen molar-refractivity contribution in [3.63, 3.8) is 0 Å². The van der Waals surface area contributed by atoms with Crippen LogP contribution >= 0.6 is 0 Å². The Balaban J connectivity index is 1.79. The predicted molar refractivity (Wildman–Crippen MR) is 82.6 cm³/mol. The minimum absolute atomic E-state index is 0.150. The SMILES string of the molecule is CC(C)n1ccc(COc2cc3ccccc3cc2O)n1. The van der Waals surface area contributed by atoms with Gasteiger partial charge in [-0.15, -0.1) is 0 Å². The van der Waals surface area contributed by atoms with Gasteiger partial charge in [-0.1, -0.05) is 24.3 Å². The third-order valence-corrected chi connectivity index (χ3v) is 3.40. The maximum absolute atomic E-state index is 10.0. The Bertz CT molecular complexity index is 762. The van der Waals surface area contributed by atoms with Crippen LogP contribution in [0.15, 0.2) is 48.7 Å². The van der Waals surface area contributed by atoms with Crippen LogP contribution in [0.4, 0.5) is 0 Å². The van der Waals surface area contributed by atoms with Crippen molar-refractivity contribution >= 4 is 10.8 Å². The first-order valence-corrected chi connectivity index (χ1v) is 7.02. The number of ether oxygens (including phenoxy) is 1. The topological polar surface area (TPSA) is 47.3 Å². The number of aromatic hydroxyl groups is 1. The van der Waals surface area contributed by atoms with Gasteiger partial charge in [-0.05, 0) is 42.8 Å². The fourth-order valence-corrected chi connectivity index (χ4v) is 2.22. The van der Waals surface area contributed by atoms with Crippen molar-refractivity contribution in [3.8, 4) is 11.5 Å². The van der Waals surface area contributed by atoms with Crippen molar-refractivity contribution < 1.29 is 9.84 Å². The standard InChI is InChI=1S/C17H18N2O2/c1-12(2)19-8-7-15(18-19)11-21-17-10-14-6-4-3-5-13(14)9-16(17)20/h3-10,12,20H,11H2,1-2H3. The molecule has 1 aromatic heterocycles. The van der Waals surface area contributed by atoms with Crippen molar-refractivity contribution in [1.29, 1.82) is 0 Å². The van der Waals surface area contributed by atoms with E-state index in [2.05, 4.69) is 18.9 Å². The lowest BCUT2D eigenvalue weighted by Gasteiger charge is -2.09. The van der Waals surface area contributed by atoms with Gasteiger partial charge in [0.25, 0.3) is 0 Å². The van der Waals surface area contributed by atoms with Crippen LogP contribution < -0.4 is 4.74 Å². The Morgan fingerprint density at radius 1 is 1.14 bits per heavy atom. The molecule has 0 unspecified atom stereocenters. The summed E-state index contributed by atoms with van der Waals surface area (Å²) >= 11 is 0. The van der Waals surface area contributed by atoms with Gasteiger partial charge < -0.3 is 9.84 Å². The number of rotatable bonds is 4. The summed E-state index contributed by atoms with van der Waals surface area (Å²) in [5.41, 5.74) is 0.844. The molecule has 0 saturated heterocycles. The summed E-state index contributed by atoms with van der Waals surface area (Å²) in [5, 5.41) is 16.5. The molecule has 0 bridgehead atoms. The predicted octanol–water partition coefficient (Wildman–Crippen LogP) is 3.90. The number of hydrogen-bond donors (Lipinski definition) is 1. The molecular formula is C17H18N2O2. The van der Waals surface area contributed by atoms with Gasteiger partial charge in [0, 0.05) is 12.2 Å². The molecule has 0 aliphatic rings. The van der Waals surface area contributed by atoms with Gasteiger partial charge in [0.05, 0.1) is 5.69 Å². The summed E-state index contributed by atoms with van der Waals surface area (Å²) in [5.74, 6) is 0.629. The summed E-state index contributed by atoms with van der Waals surface area (Å²) in [6.45, 7) is 4.49. The first-order valence-electron chi connectivity index (χ1n) is 7.02. The largest absolute Gasteiger partial charge is 0.504 e. The van der Waals surface area contributed by atoms with Crippen LogP contribution in [0.2, 0.25) is 0 Å². The maximum Gasteiger partial charge on any atom is 0.162 e. The molecule has 0 amide bonds. The summed E-state index contributed by atoms with van der Waals surface area (Å²) in [6, 6.07) is 13.7. The van der Waals surface area contributed by atoms with Crippen LogP contribution in [-0.2, 0) is 6.61 Å². The molecule has 1 N–H and O–H groups in total. The van der Waals surface area contributed by atoms with E-state index in [1.807, 2.05) is 47.3 Å². The van der Waals surface area contributed by atoms with E-state index in [0.717, 1.165) is 16.5 Å². The van der Waals surface area contributed by atoms with Gasteiger partial charge in [-0.2, -0.15) is 5.10 Å². The highest BCUT2D eigenvalue weighted by Gasteiger charge is 2.07. The van der Waals surface area contributed by atoms with Gasteiger partial charge in [-0.25, -0.2) is 0 Å². The van der Waals surface area contributed by atoms with E-state index in [0.29, 0.717) is 18.4 Å². The zero-order valence-corrected chi connectivity index (χ0v) is 12.2. The van der Waals surface area contributed by atoms with E-state index in [9.17, 15) is 5.11 Å². The lowest BCUT2D eigenvalue weighted by atomic mass is 10.1. The van der Waals surface area contributed by atoms with Crippen molar-refractivity contribution in [3.05, 3.63) is 54.4 Å². The Morgan fingerprint density at radius 3 is 2.52 bits per heavy atom. The summed E-state index contributed by atoms with van der Waals surface area (Å²) in [7, 11) is 0. The number of benzene rings is 2. The number of phenols is 1. The second kappa shape index (κ2) is 5.48. The fraction of sp³-hybridized carbons (Fsp3) is 0.235.